The Morgan fingerprint density at radius 2 is 1.39 bits per heavy atom. The van der Waals surface area contributed by atoms with E-state index in [1.54, 1.807) is 25.6 Å². The molecule has 0 saturated heterocycles. The standard InChI is InChI=1S/C49H59N5O12S.C2HF3O2/c1-30(2)47(52-49(66)33(20-21-44(59)60)26-40(57)37(29-46(63)64)51-31(3)55)41(58)27-34(28-45(61)62)48(65)50-23-10-13-35(56)14-11-24-54-25-22-32(36-15-5-6-16-38(36)54)12-9-19-43-53(4)39-17-7-8-18-42(39)67-43;3-2(4,5)1(6)7/h5-9,12,15-19,22,25,30,33-34,37,47H,10-11,13-14,20-21,23-24,26-29H2,1-4H3,(H5-,50,51,52,55,59,60,61,62,63,64,65,66);(H,6,7)/t33-,34+,37+,47+;/m0./s1. The van der Waals surface area contributed by atoms with Gasteiger partial charge in [0.05, 0.1) is 46.9 Å². The van der Waals surface area contributed by atoms with Gasteiger partial charge in [0, 0.05) is 82.0 Å². The fraction of sp³-hybridized carbons (Fsp3) is 0.431. The number of amides is 3. The van der Waals surface area contributed by atoms with E-state index in [9.17, 15) is 71.6 Å². The maximum atomic E-state index is 13.6. The van der Waals surface area contributed by atoms with Crippen molar-refractivity contribution < 1.29 is 86.1 Å². The first-order valence-electron chi connectivity index (χ1n) is 23.4. The number of carbonyl (C=O) groups excluding carboxylic acids is 7. The number of Topliss-reactive ketones (excluding diaryl/α,β-unsaturated/α-hetero) is 3. The molecule has 0 saturated carbocycles. The molecule has 19 nitrogen and oxygen atoms in total. The molecule has 0 unspecified atom stereocenters. The van der Waals surface area contributed by atoms with E-state index in [-0.39, 0.29) is 31.6 Å². The zero-order chi connectivity index (χ0) is 55.3. The predicted octanol–water partition coefficient (Wildman–Crippen LogP) is 4.38. The lowest BCUT2D eigenvalue weighted by Crippen LogP contribution is -2.49. The van der Waals surface area contributed by atoms with Crippen molar-refractivity contribution in [2.45, 2.75) is 115 Å². The number of halogens is 3. The Labute approximate surface area is 428 Å². The Morgan fingerprint density at radius 1 is 0.770 bits per heavy atom. The van der Waals surface area contributed by atoms with Crippen LogP contribution in [0.3, 0.4) is 0 Å². The van der Waals surface area contributed by atoms with Crippen LogP contribution in [-0.2, 0) is 54.5 Å². The van der Waals surface area contributed by atoms with E-state index < -0.39 is 121 Å². The van der Waals surface area contributed by atoms with Gasteiger partial charge in [0.1, 0.15) is 18.3 Å². The summed E-state index contributed by atoms with van der Waals surface area (Å²) in [6, 6.07) is 15.7. The third-order valence-electron chi connectivity index (χ3n) is 11.5. The highest BCUT2D eigenvalue weighted by atomic mass is 32.2. The van der Waals surface area contributed by atoms with Gasteiger partial charge >= 0.3 is 24.1 Å². The number of allylic oxidation sites excluding steroid dienone is 2. The van der Waals surface area contributed by atoms with Crippen molar-refractivity contribution in [3.63, 3.8) is 0 Å². The molecular weight excluding hydrogens is 996 g/mol. The number of hydrogen-bond acceptors (Lipinski definition) is 13. The number of thioether (sulfide) groups is 1. The Balaban J connectivity index is 0.00000192. The van der Waals surface area contributed by atoms with Gasteiger partial charge in [-0.25, -0.2) is 0 Å². The maximum absolute atomic E-state index is 13.6. The number of carbonyl (C=O) groups is 10. The zero-order valence-corrected chi connectivity index (χ0v) is 42.0. The number of carboxylic acid groups (broad SMARTS) is 4. The summed E-state index contributed by atoms with van der Waals surface area (Å²) < 4.78 is 33.7. The molecule has 0 fully saturated rings. The van der Waals surface area contributed by atoms with Gasteiger partial charge in [-0.05, 0) is 48.6 Å². The van der Waals surface area contributed by atoms with Crippen LogP contribution in [0.1, 0.15) is 90.5 Å². The van der Waals surface area contributed by atoms with E-state index in [0.717, 1.165) is 28.4 Å². The molecule has 400 valence electrons. The molecule has 0 spiro atoms. The van der Waals surface area contributed by atoms with E-state index in [4.69, 9.17) is 9.90 Å². The van der Waals surface area contributed by atoms with E-state index in [0.29, 0.717) is 19.4 Å². The molecule has 4 atom stereocenters. The lowest BCUT2D eigenvalue weighted by atomic mass is 9.88. The first kappa shape index (κ1) is 60.9. The average molecular weight is 1060 g/mol. The van der Waals surface area contributed by atoms with Crippen molar-refractivity contribution in [1.82, 2.24) is 16.0 Å². The Bertz CT molecular complexity index is 2600. The van der Waals surface area contributed by atoms with Crippen molar-refractivity contribution in [3.05, 3.63) is 83.5 Å². The molecule has 23 heteroatoms. The molecule has 0 bridgehead atoms. The lowest BCUT2D eigenvalue weighted by molar-refractivity contribution is -0.671. The summed E-state index contributed by atoms with van der Waals surface area (Å²) >= 11 is 1.73. The van der Waals surface area contributed by atoms with E-state index in [1.807, 2.05) is 36.5 Å². The molecule has 1 aliphatic heterocycles. The molecule has 74 heavy (non-hydrogen) atoms. The van der Waals surface area contributed by atoms with Gasteiger partial charge in [-0.1, -0.05) is 62.0 Å². The normalized spacial score (nSPS) is 14.3. The number of aliphatic carboxylic acids is 4. The number of alkyl halides is 3. The number of rotatable bonds is 28. The highest BCUT2D eigenvalue weighted by Crippen LogP contribution is 2.44. The summed E-state index contributed by atoms with van der Waals surface area (Å²) in [6.07, 6.45) is 0.805. The first-order chi connectivity index (χ1) is 34.8. The third kappa shape index (κ3) is 20.2. The first-order valence-corrected chi connectivity index (χ1v) is 24.3. The van der Waals surface area contributed by atoms with Crippen LogP contribution < -0.4 is 30.5 Å². The molecule has 3 aromatic rings. The van der Waals surface area contributed by atoms with E-state index in [2.05, 4.69) is 75.0 Å². The smallest absolute Gasteiger partial charge is 0.430 e. The van der Waals surface area contributed by atoms with Crippen molar-refractivity contribution in [3.8, 4) is 0 Å². The van der Waals surface area contributed by atoms with E-state index in [1.165, 1.54) is 10.6 Å². The number of fused-ring (bicyclic) bond motifs is 2. The van der Waals surface area contributed by atoms with Crippen LogP contribution in [0, 0.1) is 17.8 Å². The van der Waals surface area contributed by atoms with Crippen molar-refractivity contribution in [2.24, 2.45) is 17.8 Å². The van der Waals surface area contributed by atoms with Gasteiger partial charge < -0.3 is 46.1 Å². The molecule has 4 rings (SSSR count). The number of aryl methyl sites for hydroxylation is 1. The van der Waals surface area contributed by atoms with Gasteiger partial charge in [-0.15, -0.1) is 0 Å². The molecule has 1 aromatic heterocycles. The largest absolute Gasteiger partial charge is 0.542 e. The van der Waals surface area contributed by atoms with Crippen LogP contribution in [0.4, 0.5) is 18.9 Å². The highest BCUT2D eigenvalue weighted by Gasteiger charge is 2.35. The van der Waals surface area contributed by atoms with Crippen molar-refractivity contribution in [2.75, 3.05) is 18.5 Å². The fourth-order valence-electron chi connectivity index (χ4n) is 7.76. The van der Waals surface area contributed by atoms with Crippen LogP contribution in [0.25, 0.3) is 17.0 Å². The Hall–Kier alpha value is -7.43. The number of nitrogens with zero attached hydrogens (tertiary/aromatic N) is 2. The summed E-state index contributed by atoms with van der Waals surface area (Å²) in [6.45, 7) is 4.91. The van der Waals surface area contributed by atoms with E-state index >= 15 is 0 Å². The van der Waals surface area contributed by atoms with Gasteiger partial charge in [0.15, 0.2) is 17.8 Å². The third-order valence-corrected chi connectivity index (χ3v) is 12.7. The van der Waals surface area contributed by atoms with Crippen LogP contribution in [0.15, 0.2) is 82.9 Å². The minimum absolute atomic E-state index is 0.00712. The molecule has 0 radical (unpaired) electrons. The second kappa shape index (κ2) is 29.3. The number of para-hydroxylation sites is 2. The predicted molar refractivity (Wildman–Crippen MR) is 261 cm³/mol. The van der Waals surface area contributed by atoms with Crippen molar-refractivity contribution in [1.29, 1.82) is 0 Å². The second-order valence-corrected chi connectivity index (χ2v) is 18.7. The second-order valence-electron chi connectivity index (χ2n) is 17.6. The topological polar surface area (TPSA) is 298 Å². The average Bonchev–Trinajstić information content (AvgIpc) is 3.64. The van der Waals surface area contributed by atoms with Crippen molar-refractivity contribution >= 4 is 93.4 Å². The van der Waals surface area contributed by atoms with Gasteiger partial charge in [0.2, 0.25) is 23.2 Å². The van der Waals surface area contributed by atoms with Crippen LogP contribution in [0.5, 0.6) is 0 Å². The summed E-state index contributed by atoms with van der Waals surface area (Å²) in [5.74, 6) is -14.1. The lowest BCUT2D eigenvalue weighted by Gasteiger charge is -2.26. The highest BCUT2D eigenvalue weighted by molar-refractivity contribution is 8.03. The number of carboxylic acids is 4. The molecule has 1 aliphatic rings. The fourth-order valence-corrected chi connectivity index (χ4v) is 8.83. The number of hydrogen-bond donors (Lipinski definition) is 6. The van der Waals surface area contributed by atoms with Crippen LogP contribution in [0.2, 0.25) is 0 Å². The Kier molecular flexibility index (Phi) is 24.1. The molecule has 3 amide bonds. The number of anilines is 1. The summed E-state index contributed by atoms with van der Waals surface area (Å²) in [5.41, 5.74) is 3.27. The zero-order valence-electron chi connectivity index (χ0n) is 41.1. The molecule has 2 aromatic carbocycles. The number of ketones is 3. The molecule has 2 heterocycles. The quantitative estimate of drug-likeness (QED) is 0.0434. The van der Waals surface area contributed by atoms with Gasteiger partial charge in [-0.2, -0.15) is 17.7 Å². The molecular formula is C51H60F3N5O14S. The molecule has 0 aliphatic carbocycles. The SMILES string of the molecule is CC(=O)N[C@H](CC(=O)O)C(=O)C[C@H](CCC(=O)O)C(=O)N[C@@H](C(=O)C[C@H](CC(=O)O)C(=O)NCCCC(=O)CCC[n+]1ccc(C=CC=C2Sc3ccccc3N2C)c2ccccc21)C(C)C.O=C([O-])C(F)(F)F. The summed E-state index contributed by atoms with van der Waals surface area (Å²) in [7, 11) is 2.05. The monoisotopic (exact) mass is 1060 g/mol. The molecule has 6 N–H and O–H groups in total. The summed E-state index contributed by atoms with van der Waals surface area (Å²) in [4.78, 5) is 124. The van der Waals surface area contributed by atoms with Gasteiger partial charge in [0.25, 0.3) is 0 Å². The number of pyridine rings is 1. The van der Waals surface area contributed by atoms with Crippen LogP contribution >= 0.6 is 11.8 Å². The van der Waals surface area contributed by atoms with Gasteiger partial charge in [-0.3, -0.25) is 43.2 Å². The summed E-state index contributed by atoms with van der Waals surface area (Å²) in [5, 5.41) is 46.4. The van der Waals surface area contributed by atoms with Crippen LogP contribution in [-0.4, -0.2) is 106 Å². The number of nitrogens with one attached hydrogen (secondary N) is 3. The Morgan fingerprint density at radius 3 is 2.00 bits per heavy atom. The number of aromatic nitrogens is 1. The number of benzene rings is 2. The minimum atomic E-state index is -5.19. The minimum Gasteiger partial charge on any atom is -0.542 e. The maximum Gasteiger partial charge on any atom is 0.430 e.